The number of nitrogens with one attached hydrogen (secondary N) is 2. The number of aryl methyl sites for hydroxylation is 1. The number of halogens is 1. The van der Waals surface area contributed by atoms with E-state index in [-0.39, 0.29) is 5.91 Å². The van der Waals surface area contributed by atoms with E-state index in [1.54, 1.807) is 17.7 Å². The summed E-state index contributed by atoms with van der Waals surface area (Å²) in [6, 6.07) is 8.18. The Balaban J connectivity index is 1.53. The summed E-state index contributed by atoms with van der Waals surface area (Å²) in [5, 5.41) is 2.07. The molecule has 0 aliphatic carbocycles. The Morgan fingerprint density at radius 3 is 2.84 bits per heavy atom. The van der Waals surface area contributed by atoms with E-state index in [2.05, 4.69) is 53.0 Å². The van der Waals surface area contributed by atoms with Crippen LogP contribution in [0.4, 0.5) is 0 Å². The lowest BCUT2D eigenvalue weighted by Gasteiger charge is -2.26. The monoisotopic (exact) mass is 515 g/mol. The molecule has 0 radical (unpaired) electrons. The Morgan fingerprint density at radius 2 is 2.06 bits per heavy atom. The minimum Gasteiger partial charge on any atom is -0.345 e. The van der Waals surface area contributed by atoms with Crippen LogP contribution in [0.1, 0.15) is 31.4 Å². The van der Waals surface area contributed by atoms with E-state index in [0.717, 1.165) is 63.4 Å². The molecule has 4 heterocycles. The maximum Gasteiger partial charge on any atom is 0.222 e. The number of benzene rings is 1. The fourth-order valence-corrected chi connectivity index (χ4v) is 6.01. The van der Waals surface area contributed by atoms with E-state index >= 15 is 0 Å². The van der Waals surface area contributed by atoms with Gasteiger partial charge in [0.05, 0.1) is 33.6 Å². The number of rotatable bonds is 5. The molecule has 160 valence electrons. The van der Waals surface area contributed by atoms with E-state index in [1.807, 2.05) is 17.0 Å². The van der Waals surface area contributed by atoms with E-state index in [0.29, 0.717) is 17.6 Å². The van der Waals surface area contributed by atoms with Gasteiger partial charge in [0, 0.05) is 35.1 Å². The summed E-state index contributed by atoms with van der Waals surface area (Å²) in [5.41, 5.74) is 4.85. The summed E-state index contributed by atoms with van der Waals surface area (Å²) in [5.74, 6) is 0.226. The zero-order valence-electron chi connectivity index (χ0n) is 16.9. The third-order valence-corrected chi connectivity index (χ3v) is 7.71. The maximum atomic E-state index is 12.8. The predicted octanol–water partition coefficient (Wildman–Crippen LogP) is 5.85. The van der Waals surface area contributed by atoms with Crippen LogP contribution in [0.3, 0.4) is 0 Å². The first-order valence-electron chi connectivity index (χ1n) is 10.4. The second-order valence-corrected chi connectivity index (χ2v) is 9.98. The second kappa shape index (κ2) is 8.72. The van der Waals surface area contributed by atoms with Gasteiger partial charge in [-0.2, -0.15) is 0 Å². The number of amides is 1. The van der Waals surface area contributed by atoms with Crippen molar-refractivity contribution in [2.75, 3.05) is 13.1 Å². The van der Waals surface area contributed by atoms with Crippen molar-refractivity contribution in [2.24, 2.45) is 0 Å². The number of hydrogen-bond acceptors (Lipinski definition) is 4. The fourth-order valence-electron chi connectivity index (χ4n) is 4.20. The van der Waals surface area contributed by atoms with E-state index < -0.39 is 0 Å². The minimum absolute atomic E-state index is 0.226. The van der Waals surface area contributed by atoms with Gasteiger partial charge in [-0.05, 0) is 78.1 Å². The summed E-state index contributed by atoms with van der Waals surface area (Å²) in [6.45, 7) is 1.76. The van der Waals surface area contributed by atoms with Crippen LogP contribution in [-0.4, -0.2) is 43.4 Å². The highest BCUT2D eigenvalue weighted by atomic mass is 79.9. The molecule has 1 aliphatic heterocycles. The SMILES string of the molecule is O=C(CCc1[nH]c(=S)n(-c2ccc3nc[nH]c3c2)c1-c1cc(Br)cs1)N1CCCCC1. The summed E-state index contributed by atoms with van der Waals surface area (Å²) in [6.07, 6.45) is 6.24. The molecule has 0 bridgehead atoms. The number of carbonyl (C=O) groups is 1. The molecule has 2 N–H and O–H groups in total. The first-order chi connectivity index (χ1) is 15.1. The molecule has 1 saturated heterocycles. The molecule has 9 heteroatoms. The molecule has 0 spiro atoms. The summed E-state index contributed by atoms with van der Waals surface area (Å²) < 4.78 is 3.72. The number of piperidine rings is 1. The van der Waals surface area contributed by atoms with Crippen molar-refractivity contribution in [1.82, 2.24) is 24.4 Å². The Morgan fingerprint density at radius 1 is 1.23 bits per heavy atom. The van der Waals surface area contributed by atoms with Crippen molar-refractivity contribution in [2.45, 2.75) is 32.1 Å². The van der Waals surface area contributed by atoms with Crippen molar-refractivity contribution < 1.29 is 4.79 Å². The molecule has 3 aromatic heterocycles. The van der Waals surface area contributed by atoms with Crippen LogP contribution in [0, 0.1) is 4.77 Å². The molecule has 1 aromatic carbocycles. The third kappa shape index (κ3) is 4.14. The molecule has 5 rings (SSSR count). The molecule has 0 unspecified atom stereocenters. The number of aromatic nitrogens is 4. The highest BCUT2D eigenvalue weighted by Gasteiger charge is 2.21. The van der Waals surface area contributed by atoms with E-state index in [9.17, 15) is 4.79 Å². The summed E-state index contributed by atoms with van der Waals surface area (Å²) in [4.78, 5) is 26.7. The Kier molecular flexibility index (Phi) is 5.81. The molecular formula is C22H22BrN5OS2. The highest BCUT2D eigenvalue weighted by Crippen LogP contribution is 2.35. The first-order valence-corrected chi connectivity index (χ1v) is 12.5. The van der Waals surface area contributed by atoms with Gasteiger partial charge in [-0.15, -0.1) is 11.3 Å². The molecule has 1 aliphatic rings. The van der Waals surface area contributed by atoms with Crippen LogP contribution in [0.25, 0.3) is 27.3 Å². The predicted molar refractivity (Wildman–Crippen MR) is 130 cm³/mol. The Labute approximate surface area is 197 Å². The molecular weight excluding hydrogens is 494 g/mol. The van der Waals surface area contributed by atoms with Gasteiger partial charge in [-0.25, -0.2) is 4.98 Å². The van der Waals surface area contributed by atoms with Crippen LogP contribution in [0.5, 0.6) is 0 Å². The Bertz CT molecular complexity index is 1290. The summed E-state index contributed by atoms with van der Waals surface area (Å²) in [7, 11) is 0. The van der Waals surface area contributed by atoms with Crippen molar-refractivity contribution in [1.29, 1.82) is 0 Å². The van der Waals surface area contributed by atoms with Crippen molar-refractivity contribution >= 4 is 56.4 Å². The van der Waals surface area contributed by atoms with Gasteiger partial charge in [0.15, 0.2) is 4.77 Å². The number of aromatic amines is 2. The lowest BCUT2D eigenvalue weighted by atomic mass is 10.1. The van der Waals surface area contributed by atoms with Crippen molar-refractivity contribution in [3.63, 3.8) is 0 Å². The van der Waals surface area contributed by atoms with Crippen LogP contribution in [0.2, 0.25) is 0 Å². The number of thiophene rings is 1. The Hall–Kier alpha value is -2.23. The van der Waals surface area contributed by atoms with Gasteiger partial charge in [-0.1, -0.05) is 0 Å². The molecule has 6 nitrogen and oxygen atoms in total. The van der Waals surface area contributed by atoms with Gasteiger partial charge in [-0.3, -0.25) is 9.36 Å². The fraction of sp³-hybridized carbons (Fsp3) is 0.318. The van der Waals surface area contributed by atoms with Gasteiger partial charge < -0.3 is 14.9 Å². The third-order valence-electron chi connectivity index (χ3n) is 5.73. The number of nitrogens with zero attached hydrogens (tertiary/aromatic N) is 3. The van der Waals surface area contributed by atoms with Crippen LogP contribution >= 0.6 is 39.5 Å². The highest BCUT2D eigenvalue weighted by molar-refractivity contribution is 9.10. The normalized spacial score (nSPS) is 14.4. The number of fused-ring (bicyclic) bond motifs is 1. The maximum absolute atomic E-state index is 12.8. The number of hydrogen-bond donors (Lipinski definition) is 2. The zero-order chi connectivity index (χ0) is 21.4. The van der Waals surface area contributed by atoms with Gasteiger partial charge in [0.1, 0.15) is 0 Å². The quantitative estimate of drug-likeness (QED) is 0.327. The first kappa shape index (κ1) is 20.7. The largest absolute Gasteiger partial charge is 0.345 e. The van der Waals surface area contributed by atoms with Gasteiger partial charge >= 0.3 is 0 Å². The van der Waals surface area contributed by atoms with Gasteiger partial charge in [0.2, 0.25) is 5.91 Å². The molecule has 4 aromatic rings. The van der Waals surface area contributed by atoms with Crippen molar-refractivity contribution in [3.05, 3.63) is 50.9 Å². The molecule has 1 amide bonds. The number of imidazole rings is 2. The van der Waals surface area contributed by atoms with E-state index in [1.165, 1.54) is 6.42 Å². The van der Waals surface area contributed by atoms with Crippen LogP contribution in [-0.2, 0) is 11.2 Å². The molecule has 0 saturated carbocycles. The van der Waals surface area contributed by atoms with Crippen LogP contribution < -0.4 is 0 Å². The average molecular weight is 516 g/mol. The number of H-pyrrole nitrogens is 2. The topological polar surface area (TPSA) is 69.7 Å². The second-order valence-electron chi connectivity index (χ2n) is 7.77. The minimum atomic E-state index is 0.226. The van der Waals surface area contributed by atoms with Crippen molar-refractivity contribution in [3.8, 4) is 16.3 Å². The van der Waals surface area contributed by atoms with Gasteiger partial charge in [0.25, 0.3) is 0 Å². The standard InChI is InChI=1S/C22H22BrN5OS2/c23-14-10-19(31-12-14)21-17(6-7-20(29)27-8-2-1-3-9-27)26-22(30)28(21)15-4-5-16-18(11-15)25-13-24-16/h4-5,10-13H,1-3,6-9H2,(H,24,25)(H,26,30). The lowest BCUT2D eigenvalue weighted by molar-refractivity contribution is -0.132. The average Bonchev–Trinajstić information content (AvgIpc) is 3.50. The van der Waals surface area contributed by atoms with Crippen LogP contribution in [0.15, 0.2) is 40.4 Å². The lowest BCUT2D eigenvalue weighted by Crippen LogP contribution is -2.35. The molecule has 1 fully saturated rings. The molecule has 0 atom stereocenters. The molecule has 31 heavy (non-hydrogen) atoms. The summed E-state index contributed by atoms with van der Waals surface area (Å²) >= 11 is 11.0. The zero-order valence-corrected chi connectivity index (χ0v) is 20.1. The van der Waals surface area contributed by atoms with E-state index in [4.69, 9.17) is 12.2 Å². The smallest absolute Gasteiger partial charge is 0.222 e. The number of likely N-dealkylation sites (tertiary alicyclic amines) is 1. The number of carbonyl (C=O) groups excluding carboxylic acids is 1.